The third-order valence-electron chi connectivity index (χ3n) is 2.38. The lowest BCUT2D eigenvalue weighted by atomic mass is 10.0. The third-order valence-corrected chi connectivity index (χ3v) is 3.68. The smallest absolute Gasteiger partial charge is 0.0979 e. The molecule has 0 aliphatic heterocycles. The van der Waals surface area contributed by atoms with Crippen LogP contribution in [0.3, 0.4) is 0 Å². The standard InChI is InChI=1S/C12H12ClNS/c1-8-3-2-4-9(5-8)11-7-15-12(13)10(11)6-14/h2-5,7H,6,14H2,1H3. The van der Waals surface area contributed by atoms with Crippen molar-refractivity contribution in [3.63, 3.8) is 0 Å². The summed E-state index contributed by atoms with van der Waals surface area (Å²) in [4.78, 5) is 0. The van der Waals surface area contributed by atoms with Crippen LogP contribution >= 0.6 is 22.9 Å². The fraction of sp³-hybridized carbons (Fsp3) is 0.167. The van der Waals surface area contributed by atoms with Gasteiger partial charge in [0.1, 0.15) is 0 Å². The number of thiophene rings is 1. The lowest BCUT2D eigenvalue weighted by molar-refractivity contribution is 1.08. The van der Waals surface area contributed by atoms with Gasteiger partial charge in [0.05, 0.1) is 4.34 Å². The molecule has 1 nitrogen and oxygen atoms in total. The van der Waals surface area contributed by atoms with E-state index in [1.54, 1.807) is 11.3 Å². The molecule has 0 amide bonds. The van der Waals surface area contributed by atoms with E-state index in [1.807, 2.05) is 0 Å². The number of hydrogen-bond donors (Lipinski definition) is 1. The van der Waals surface area contributed by atoms with Crippen molar-refractivity contribution in [1.29, 1.82) is 0 Å². The zero-order valence-corrected chi connectivity index (χ0v) is 10.0. The molecule has 2 aromatic rings. The molecule has 1 aromatic heterocycles. The molecule has 0 bridgehead atoms. The highest BCUT2D eigenvalue weighted by Gasteiger charge is 2.09. The Morgan fingerprint density at radius 2 is 2.20 bits per heavy atom. The highest BCUT2D eigenvalue weighted by Crippen LogP contribution is 2.34. The monoisotopic (exact) mass is 237 g/mol. The van der Waals surface area contributed by atoms with Crippen LogP contribution in [0.1, 0.15) is 11.1 Å². The molecular weight excluding hydrogens is 226 g/mol. The summed E-state index contributed by atoms with van der Waals surface area (Å²) in [5.74, 6) is 0. The van der Waals surface area contributed by atoms with Crippen molar-refractivity contribution in [2.45, 2.75) is 13.5 Å². The molecule has 0 atom stereocenters. The van der Waals surface area contributed by atoms with Crippen LogP contribution in [0.25, 0.3) is 11.1 Å². The second kappa shape index (κ2) is 4.35. The van der Waals surface area contributed by atoms with E-state index in [4.69, 9.17) is 17.3 Å². The molecule has 2 rings (SSSR count). The van der Waals surface area contributed by atoms with Gasteiger partial charge in [-0.1, -0.05) is 41.4 Å². The second-order valence-electron chi connectivity index (χ2n) is 3.48. The van der Waals surface area contributed by atoms with Crippen molar-refractivity contribution in [1.82, 2.24) is 0 Å². The van der Waals surface area contributed by atoms with E-state index in [-0.39, 0.29) is 0 Å². The minimum Gasteiger partial charge on any atom is -0.326 e. The molecule has 0 fully saturated rings. The molecule has 0 aliphatic carbocycles. The van der Waals surface area contributed by atoms with E-state index >= 15 is 0 Å². The van der Waals surface area contributed by atoms with E-state index in [9.17, 15) is 0 Å². The van der Waals surface area contributed by atoms with Crippen LogP contribution in [0.5, 0.6) is 0 Å². The maximum absolute atomic E-state index is 6.07. The van der Waals surface area contributed by atoms with Crippen molar-refractivity contribution in [2.24, 2.45) is 5.73 Å². The van der Waals surface area contributed by atoms with Crippen LogP contribution in [-0.4, -0.2) is 0 Å². The second-order valence-corrected chi connectivity index (χ2v) is 4.96. The topological polar surface area (TPSA) is 26.0 Å². The summed E-state index contributed by atoms with van der Waals surface area (Å²) in [5.41, 5.74) is 10.3. The molecule has 0 saturated carbocycles. The van der Waals surface area contributed by atoms with Crippen molar-refractivity contribution < 1.29 is 0 Å². The Bertz CT molecular complexity index is 476. The van der Waals surface area contributed by atoms with Gasteiger partial charge in [-0.25, -0.2) is 0 Å². The average Bonchev–Trinajstić information content (AvgIpc) is 2.59. The van der Waals surface area contributed by atoms with Gasteiger partial charge in [-0.05, 0) is 18.1 Å². The van der Waals surface area contributed by atoms with Crippen LogP contribution < -0.4 is 5.73 Å². The first-order chi connectivity index (χ1) is 7.22. The molecule has 0 spiro atoms. The molecule has 0 unspecified atom stereocenters. The summed E-state index contributed by atoms with van der Waals surface area (Å²) in [6, 6.07) is 8.37. The van der Waals surface area contributed by atoms with Gasteiger partial charge in [-0.3, -0.25) is 0 Å². The minimum atomic E-state index is 0.492. The Labute approximate surface area is 98.5 Å². The van der Waals surface area contributed by atoms with Crippen molar-refractivity contribution >= 4 is 22.9 Å². The quantitative estimate of drug-likeness (QED) is 0.844. The molecule has 0 radical (unpaired) electrons. The fourth-order valence-electron chi connectivity index (χ4n) is 1.60. The summed E-state index contributed by atoms with van der Waals surface area (Å²) < 4.78 is 0.800. The number of aryl methyl sites for hydroxylation is 1. The molecule has 15 heavy (non-hydrogen) atoms. The van der Waals surface area contributed by atoms with Crippen molar-refractivity contribution in [3.8, 4) is 11.1 Å². The molecule has 2 N–H and O–H groups in total. The number of benzene rings is 1. The van der Waals surface area contributed by atoms with Crippen LogP contribution in [0.15, 0.2) is 29.6 Å². The number of rotatable bonds is 2. The van der Waals surface area contributed by atoms with Crippen LogP contribution in [0, 0.1) is 6.92 Å². The predicted molar refractivity (Wildman–Crippen MR) is 67.4 cm³/mol. The molecule has 1 aromatic carbocycles. The van der Waals surface area contributed by atoms with E-state index < -0.39 is 0 Å². The first-order valence-electron chi connectivity index (χ1n) is 4.75. The summed E-state index contributed by atoms with van der Waals surface area (Å²) in [5, 5.41) is 2.07. The van der Waals surface area contributed by atoms with E-state index in [0.717, 1.165) is 15.5 Å². The van der Waals surface area contributed by atoms with Gasteiger partial charge >= 0.3 is 0 Å². The summed E-state index contributed by atoms with van der Waals surface area (Å²) in [7, 11) is 0. The molecule has 0 saturated heterocycles. The molecule has 3 heteroatoms. The first kappa shape index (κ1) is 10.7. The maximum atomic E-state index is 6.07. The highest BCUT2D eigenvalue weighted by molar-refractivity contribution is 7.15. The molecule has 78 valence electrons. The van der Waals surface area contributed by atoms with Crippen LogP contribution in [-0.2, 0) is 6.54 Å². The lowest BCUT2D eigenvalue weighted by Crippen LogP contribution is -1.96. The van der Waals surface area contributed by atoms with Gasteiger partial charge in [0.2, 0.25) is 0 Å². The van der Waals surface area contributed by atoms with Crippen LogP contribution in [0.4, 0.5) is 0 Å². The minimum absolute atomic E-state index is 0.492. The van der Waals surface area contributed by atoms with E-state index in [1.165, 1.54) is 11.1 Å². The molecular formula is C12H12ClNS. The fourth-order valence-corrected chi connectivity index (χ4v) is 2.75. The average molecular weight is 238 g/mol. The summed E-state index contributed by atoms with van der Waals surface area (Å²) in [6.45, 7) is 2.57. The normalized spacial score (nSPS) is 10.6. The van der Waals surface area contributed by atoms with Gasteiger partial charge in [-0.15, -0.1) is 11.3 Å². The summed E-state index contributed by atoms with van der Waals surface area (Å²) in [6.07, 6.45) is 0. The number of hydrogen-bond acceptors (Lipinski definition) is 2. The third kappa shape index (κ3) is 2.07. The zero-order chi connectivity index (χ0) is 10.8. The molecule has 0 aliphatic rings. The first-order valence-corrected chi connectivity index (χ1v) is 6.01. The lowest BCUT2D eigenvalue weighted by Gasteiger charge is -2.03. The van der Waals surface area contributed by atoms with Crippen molar-refractivity contribution in [3.05, 3.63) is 45.1 Å². The number of halogens is 1. The largest absolute Gasteiger partial charge is 0.326 e. The van der Waals surface area contributed by atoms with Gasteiger partial charge in [-0.2, -0.15) is 0 Å². The van der Waals surface area contributed by atoms with E-state index in [0.29, 0.717) is 6.54 Å². The number of nitrogens with two attached hydrogens (primary N) is 1. The van der Waals surface area contributed by atoms with Crippen molar-refractivity contribution in [2.75, 3.05) is 0 Å². The van der Waals surface area contributed by atoms with Gasteiger partial charge in [0, 0.05) is 17.5 Å². The SMILES string of the molecule is Cc1cccc(-c2csc(Cl)c2CN)c1. The highest BCUT2D eigenvalue weighted by atomic mass is 35.5. The Morgan fingerprint density at radius 3 is 2.87 bits per heavy atom. The van der Waals surface area contributed by atoms with Gasteiger partial charge in [0.15, 0.2) is 0 Å². The predicted octanol–water partition coefficient (Wildman–Crippen LogP) is 3.84. The van der Waals surface area contributed by atoms with Gasteiger partial charge in [0.25, 0.3) is 0 Å². The zero-order valence-electron chi connectivity index (χ0n) is 8.46. The van der Waals surface area contributed by atoms with Gasteiger partial charge < -0.3 is 5.73 Å². The summed E-state index contributed by atoms with van der Waals surface area (Å²) >= 11 is 7.62. The van der Waals surface area contributed by atoms with Crippen LogP contribution in [0.2, 0.25) is 4.34 Å². The Hall–Kier alpha value is -0.830. The van der Waals surface area contributed by atoms with E-state index in [2.05, 4.69) is 36.6 Å². The Balaban J connectivity index is 2.54. The maximum Gasteiger partial charge on any atom is 0.0979 e. The molecule has 1 heterocycles. The Morgan fingerprint density at radius 1 is 1.40 bits per heavy atom. The Kier molecular flexibility index (Phi) is 3.10.